The summed E-state index contributed by atoms with van der Waals surface area (Å²) in [5.74, 6) is -1.01. The third-order valence-electron chi connectivity index (χ3n) is 4.39. The van der Waals surface area contributed by atoms with E-state index in [-0.39, 0.29) is 11.8 Å². The van der Waals surface area contributed by atoms with Crippen LogP contribution >= 0.6 is 0 Å². The number of carbonyl (C=O) groups excluding carboxylic acids is 4. The molecule has 8 nitrogen and oxygen atoms in total. The molecule has 0 aromatic heterocycles. The molecule has 22 heavy (non-hydrogen) atoms. The minimum atomic E-state index is -0.888. The predicted molar refractivity (Wildman–Crippen MR) is 77.8 cm³/mol. The number of imide groups is 2. The van der Waals surface area contributed by atoms with Crippen LogP contribution < -0.4 is 16.0 Å². The van der Waals surface area contributed by atoms with Crippen molar-refractivity contribution < 1.29 is 19.2 Å². The molecular formula is C14H22N4O4. The normalized spacial score (nSPS) is 27.7. The van der Waals surface area contributed by atoms with E-state index in [0.717, 1.165) is 24.2 Å². The summed E-state index contributed by atoms with van der Waals surface area (Å²) in [6.45, 7) is 3.59. The Morgan fingerprint density at radius 1 is 1.36 bits per heavy atom. The molecule has 6 amide bonds. The summed E-state index contributed by atoms with van der Waals surface area (Å²) in [6, 6.07) is -1.20. The second kappa shape index (κ2) is 6.33. The monoisotopic (exact) mass is 310 g/mol. The van der Waals surface area contributed by atoms with Gasteiger partial charge in [-0.15, -0.1) is 0 Å². The first-order chi connectivity index (χ1) is 10.4. The predicted octanol–water partition coefficient (Wildman–Crippen LogP) is 0.333. The number of amides is 6. The summed E-state index contributed by atoms with van der Waals surface area (Å²) in [6.07, 6.45) is 3.36. The molecule has 2 aliphatic rings. The van der Waals surface area contributed by atoms with Gasteiger partial charge in [-0.2, -0.15) is 0 Å². The second-order valence-corrected chi connectivity index (χ2v) is 5.85. The minimum Gasteiger partial charge on any atom is -0.338 e. The van der Waals surface area contributed by atoms with Gasteiger partial charge in [-0.05, 0) is 25.7 Å². The zero-order valence-electron chi connectivity index (χ0n) is 12.9. The lowest BCUT2D eigenvalue weighted by molar-refractivity contribution is -0.137. The first-order valence-corrected chi connectivity index (χ1v) is 7.62. The summed E-state index contributed by atoms with van der Waals surface area (Å²) < 4.78 is 0. The third-order valence-corrected chi connectivity index (χ3v) is 4.39. The molecule has 0 bridgehead atoms. The van der Waals surface area contributed by atoms with Crippen molar-refractivity contribution in [3.8, 4) is 0 Å². The second-order valence-electron chi connectivity index (χ2n) is 5.85. The quantitative estimate of drug-likeness (QED) is 0.653. The lowest BCUT2D eigenvalue weighted by Crippen LogP contribution is -2.54. The van der Waals surface area contributed by atoms with Crippen LogP contribution in [0.15, 0.2) is 0 Å². The summed E-state index contributed by atoms with van der Waals surface area (Å²) >= 11 is 0. The standard InChI is InChI=1S/C14H22N4O4/c1-3-15-12(21)16-10(19)8-18-11(20)14(17-13(18)22)7-5-4-6-9(14)2/h9H,3-8H2,1-2H3,(H,17,22)(H2,15,16,19,21)/t9-,14+/m1/s1. The highest BCUT2D eigenvalue weighted by Gasteiger charge is 2.55. The Morgan fingerprint density at radius 3 is 2.73 bits per heavy atom. The van der Waals surface area contributed by atoms with Gasteiger partial charge in [-0.25, -0.2) is 9.59 Å². The molecule has 1 aliphatic heterocycles. The van der Waals surface area contributed by atoms with Crippen molar-refractivity contribution in [3.63, 3.8) is 0 Å². The number of carbonyl (C=O) groups is 4. The highest BCUT2D eigenvalue weighted by atomic mass is 16.2. The molecule has 2 rings (SSSR count). The van der Waals surface area contributed by atoms with Crippen LogP contribution in [0.5, 0.6) is 0 Å². The maximum atomic E-state index is 12.6. The number of urea groups is 2. The smallest absolute Gasteiger partial charge is 0.325 e. The van der Waals surface area contributed by atoms with E-state index in [1.807, 2.05) is 6.92 Å². The van der Waals surface area contributed by atoms with Crippen LogP contribution in [0.4, 0.5) is 9.59 Å². The van der Waals surface area contributed by atoms with E-state index >= 15 is 0 Å². The van der Waals surface area contributed by atoms with Gasteiger partial charge in [0.2, 0.25) is 5.91 Å². The van der Waals surface area contributed by atoms with Crippen LogP contribution in [0.2, 0.25) is 0 Å². The summed E-state index contributed by atoms with van der Waals surface area (Å²) in [7, 11) is 0. The van der Waals surface area contributed by atoms with Crippen molar-refractivity contribution in [2.75, 3.05) is 13.1 Å². The van der Waals surface area contributed by atoms with Gasteiger partial charge in [0.25, 0.3) is 5.91 Å². The summed E-state index contributed by atoms with van der Waals surface area (Å²) in [4.78, 5) is 48.6. The fraction of sp³-hybridized carbons (Fsp3) is 0.714. The molecule has 3 N–H and O–H groups in total. The van der Waals surface area contributed by atoms with Crippen LogP contribution in [-0.2, 0) is 9.59 Å². The maximum Gasteiger partial charge on any atom is 0.325 e. The molecule has 1 saturated carbocycles. The van der Waals surface area contributed by atoms with Gasteiger partial charge in [0.05, 0.1) is 0 Å². The van der Waals surface area contributed by atoms with Gasteiger partial charge in [0.15, 0.2) is 0 Å². The van der Waals surface area contributed by atoms with Crippen molar-refractivity contribution in [1.29, 1.82) is 0 Å². The van der Waals surface area contributed by atoms with Gasteiger partial charge in [-0.3, -0.25) is 19.8 Å². The van der Waals surface area contributed by atoms with Crippen molar-refractivity contribution >= 4 is 23.9 Å². The Kier molecular flexibility index (Phi) is 4.68. The molecule has 1 aliphatic carbocycles. The highest BCUT2D eigenvalue weighted by molar-refractivity contribution is 6.10. The molecule has 122 valence electrons. The number of nitrogens with zero attached hydrogens (tertiary/aromatic N) is 1. The molecule has 2 fully saturated rings. The molecule has 8 heteroatoms. The maximum absolute atomic E-state index is 12.6. The van der Waals surface area contributed by atoms with Gasteiger partial charge in [0, 0.05) is 6.54 Å². The van der Waals surface area contributed by atoms with E-state index in [9.17, 15) is 19.2 Å². The van der Waals surface area contributed by atoms with Gasteiger partial charge in [0.1, 0.15) is 12.1 Å². The Morgan fingerprint density at radius 2 is 2.09 bits per heavy atom. The number of hydrogen-bond donors (Lipinski definition) is 3. The molecule has 0 aromatic rings. The molecule has 1 spiro atoms. The summed E-state index contributed by atoms with van der Waals surface area (Å²) in [5.41, 5.74) is -0.888. The molecule has 1 heterocycles. The number of nitrogens with one attached hydrogen (secondary N) is 3. The Balaban J connectivity index is 2.03. The van der Waals surface area contributed by atoms with Gasteiger partial charge < -0.3 is 10.6 Å². The Bertz CT molecular complexity index is 507. The Labute approximate surface area is 129 Å². The van der Waals surface area contributed by atoms with Gasteiger partial charge >= 0.3 is 12.1 Å². The van der Waals surface area contributed by atoms with Crippen LogP contribution in [-0.4, -0.2) is 47.4 Å². The van der Waals surface area contributed by atoms with Crippen molar-refractivity contribution in [3.05, 3.63) is 0 Å². The number of hydrogen-bond acceptors (Lipinski definition) is 4. The van der Waals surface area contributed by atoms with Crippen LogP contribution in [0.3, 0.4) is 0 Å². The fourth-order valence-electron chi connectivity index (χ4n) is 3.15. The fourth-order valence-corrected chi connectivity index (χ4v) is 3.15. The zero-order chi connectivity index (χ0) is 16.3. The van der Waals surface area contributed by atoms with E-state index < -0.39 is 30.1 Å². The van der Waals surface area contributed by atoms with Crippen LogP contribution in [0, 0.1) is 5.92 Å². The van der Waals surface area contributed by atoms with E-state index in [4.69, 9.17) is 0 Å². The van der Waals surface area contributed by atoms with Gasteiger partial charge in [-0.1, -0.05) is 19.8 Å². The van der Waals surface area contributed by atoms with Crippen molar-refractivity contribution in [2.24, 2.45) is 5.92 Å². The van der Waals surface area contributed by atoms with Crippen molar-refractivity contribution in [1.82, 2.24) is 20.9 Å². The summed E-state index contributed by atoms with van der Waals surface area (Å²) in [5, 5.41) is 7.26. The minimum absolute atomic E-state index is 0.0363. The average Bonchev–Trinajstić information content (AvgIpc) is 2.68. The third kappa shape index (κ3) is 2.90. The zero-order valence-corrected chi connectivity index (χ0v) is 12.9. The topological polar surface area (TPSA) is 108 Å². The Hall–Kier alpha value is -2.12. The molecule has 0 radical (unpaired) electrons. The molecule has 1 saturated heterocycles. The average molecular weight is 310 g/mol. The van der Waals surface area contributed by atoms with Crippen molar-refractivity contribution in [2.45, 2.75) is 45.1 Å². The lowest BCUT2D eigenvalue weighted by Gasteiger charge is -2.36. The molecular weight excluding hydrogens is 288 g/mol. The van der Waals surface area contributed by atoms with E-state index in [1.54, 1.807) is 6.92 Å². The highest BCUT2D eigenvalue weighted by Crippen LogP contribution is 2.37. The van der Waals surface area contributed by atoms with Crippen LogP contribution in [0.25, 0.3) is 0 Å². The first-order valence-electron chi connectivity index (χ1n) is 7.62. The molecule has 0 unspecified atom stereocenters. The SMILES string of the molecule is CCNC(=O)NC(=O)CN1C(=O)N[C@]2(CCCC[C@H]2C)C1=O. The van der Waals surface area contributed by atoms with E-state index in [0.29, 0.717) is 13.0 Å². The number of rotatable bonds is 3. The largest absolute Gasteiger partial charge is 0.338 e. The van der Waals surface area contributed by atoms with E-state index in [1.165, 1.54) is 0 Å². The van der Waals surface area contributed by atoms with E-state index in [2.05, 4.69) is 16.0 Å². The lowest BCUT2D eigenvalue weighted by atomic mass is 9.73. The first kappa shape index (κ1) is 16.3. The molecule has 0 aromatic carbocycles. The molecule has 2 atom stereocenters. The van der Waals surface area contributed by atoms with Crippen LogP contribution in [0.1, 0.15) is 39.5 Å².